The lowest BCUT2D eigenvalue weighted by atomic mass is 10.2. The van der Waals surface area contributed by atoms with E-state index in [0.717, 1.165) is 12.1 Å². The van der Waals surface area contributed by atoms with Gasteiger partial charge in [0.25, 0.3) is 5.91 Å². The van der Waals surface area contributed by atoms with Crippen LogP contribution in [0.4, 0.5) is 19.3 Å². The molecule has 1 aromatic carbocycles. The van der Waals surface area contributed by atoms with Crippen molar-refractivity contribution in [3.63, 3.8) is 0 Å². The van der Waals surface area contributed by atoms with Gasteiger partial charge < -0.3 is 14.8 Å². The molecule has 0 saturated carbocycles. The highest BCUT2D eigenvalue weighted by atomic mass is 19.1. The van der Waals surface area contributed by atoms with E-state index < -0.39 is 47.9 Å². The van der Waals surface area contributed by atoms with Crippen molar-refractivity contribution in [3.8, 4) is 0 Å². The minimum atomic E-state index is -0.943. The predicted octanol–water partition coefficient (Wildman–Crippen LogP) is 2.85. The molecule has 0 bridgehead atoms. The maximum Gasteiger partial charge on any atom is 0.411 e. The van der Waals surface area contributed by atoms with Gasteiger partial charge in [-0.2, -0.15) is 0 Å². The molecule has 27 heavy (non-hydrogen) atoms. The summed E-state index contributed by atoms with van der Waals surface area (Å²) in [5.74, 6) is -3.24. The standard InChI is InChI=1S/C18H22F2N2O5/c1-18(2,3)27-17(25)22-8-4-5-14(22)16(24)26-10-15(23)21-13-7-6-11(19)9-12(13)20/h6-7,9,14H,4-5,8,10H2,1-3H3,(H,21,23)/t14-/m0/s1. The SMILES string of the molecule is CC(C)(C)OC(=O)N1CCC[C@H]1C(=O)OCC(=O)Nc1ccc(F)cc1F. The number of nitrogens with one attached hydrogen (secondary N) is 1. The van der Waals surface area contributed by atoms with Crippen molar-refractivity contribution in [1.29, 1.82) is 0 Å². The van der Waals surface area contributed by atoms with Crippen molar-refractivity contribution in [2.75, 3.05) is 18.5 Å². The van der Waals surface area contributed by atoms with Gasteiger partial charge in [0, 0.05) is 12.6 Å². The molecule has 0 spiro atoms. The van der Waals surface area contributed by atoms with Gasteiger partial charge in [-0.1, -0.05) is 0 Å². The maximum absolute atomic E-state index is 13.5. The lowest BCUT2D eigenvalue weighted by Crippen LogP contribution is -2.44. The fourth-order valence-corrected chi connectivity index (χ4v) is 2.56. The lowest BCUT2D eigenvalue weighted by Gasteiger charge is -2.27. The van der Waals surface area contributed by atoms with Gasteiger partial charge >= 0.3 is 12.1 Å². The number of benzene rings is 1. The Hall–Kier alpha value is -2.71. The fraction of sp³-hybridized carbons (Fsp3) is 0.500. The Morgan fingerprint density at radius 3 is 2.59 bits per heavy atom. The summed E-state index contributed by atoms with van der Waals surface area (Å²) in [6.07, 6.45) is 0.373. The summed E-state index contributed by atoms with van der Waals surface area (Å²) in [7, 11) is 0. The van der Waals surface area contributed by atoms with Crippen molar-refractivity contribution >= 4 is 23.7 Å². The van der Waals surface area contributed by atoms with E-state index in [1.807, 2.05) is 0 Å². The first kappa shape index (κ1) is 20.6. The van der Waals surface area contributed by atoms with Gasteiger partial charge in [-0.15, -0.1) is 0 Å². The first-order valence-corrected chi connectivity index (χ1v) is 8.48. The number of anilines is 1. The van der Waals surface area contributed by atoms with Gasteiger partial charge in [0.1, 0.15) is 23.3 Å². The minimum Gasteiger partial charge on any atom is -0.454 e. The zero-order valence-corrected chi connectivity index (χ0v) is 15.4. The van der Waals surface area contributed by atoms with Crippen LogP contribution in [0.25, 0.3) is 0 Å². The van der Waals surface area contributed by atoms with E-state index in [-0.39, 0.29) is 5.69 Å². The van der Waals surface area contributed by atoms with Crippen molar-refractivity contribution in [3.05, 3.63) is 29.8 Å². The lowest BCUT2D eigenvalue weighted by molar-refractivity contribution is -0.151. The number of carbonyl (C=O) groups is 3. The van der Waals surface area contributed by atoms with Gasteiger partial charge in [0.15, 0.2) is 6.61 Å². The summed E-state index contributed by atoms with van der Waals surface area (Å²) in [4.78, 5) is 37.5. The number of esters is 1. The molecule has 1 aliphatic heterocycles. The van der Waals surface area contributed by atoms with E-state index in [0.29, 0.717) is 25.5 Å². The van der Waals surface area contributed by atoms with Crippen LogP contribution in [0.2, 0.25) is 0 Å². The van der Waals surface area contributed by atoms with Gasteiger partial charge in [0.2, 0.25) is 0 Å². The van der Waals surface area contributed by atoms with Crippen molar-refractivity contribution in [1.82, 2.24) is 4.90 Å². The quantitative estimate of drug-likeness (QED) is 0.807. The minimum absolute atomic E-state index is 0.228. The Labute approximate surface area is 155 Å². The second-order valence-corrected chi connectivity index (χ2v) is 7.11. The molecule has 1 N–H and O–H groups in total. The van der Waals surface area contributed by atoms with Crippen LogP contribution in [0, 0.1) is 11.6 Å². The normalized spacial score (nSPS) is 16.8. The van der Waals surface area contributed by atoms with Crippen LogP contribution < -0.4 is 5.32 Å². The summed E-state index contributed by atoms with van der Waals surface area (Å²) in [6, 6.07) is 1.84. The molecular formula is C18H22F2N2O5. The summed E-state index contributed by atoms with van der Waals surface area (Å²) in [5.41, 5.74) is -0.929. The predicted molar refractivity (Wildman–Crippen MR) is 91.9 cm³/mol. The molecule has 7 nitrogen and oxygen atoms in total. The number of halogens is 2. The van der Waals surface area contributed by atoms with Crippen LogP contribution >= 0.6 is 0 Å². The number of hydrogen-bond donors (Lipinski definition) is 1. The number of rotatable bonds is 4. The molecule has 2 rings (SSSR count). The second kappa shape index (κ2) is 8.32. The molecule has 1 aromatic rings. The topological polar surface area (TPSA) is 84.9 Å². The number of likely N-dealkylation sites (tertiary alicyclic amines) is 1. The summed E-state index contributed by atoms with van der Waals surface area (Å²) in [5, 5.41) is 2.19. The Morgan fingerprint density at radius 2 is 1.96 bits per heavy atom. The molecule has 1 aliphatic rings. The average molecular weight is 384 g/mol. The smallest absolute Gasteiger partial charge is 0.411 e. The van der Waals surface area contributed by atoms with E-state index in [9.17, 15) is 23.2 Å². The van der Waals surface area contributed by atoms with Gasteiger partial charge in [-0.05, 0) is 45.7 Å². The third-order valence-electron chi connectivity index (χ3n) is 3.70. The molecule has 0 radical (unpaired) electrons. The van der Waals surface area contributed by atoms with Gasteiger partial charge in [-0.3, -0.25) is 9.69 Å². The van der Waals surface area contributed by atoms with Crippen LogP contribution in [-0.4, -0.2) is 47.7 Å². The molecule has 1 fully saturated rings. The highest BCUT2D eigenvalue weighted by Crippen LogP contribution is 2.22. The molecule has 0 unspecified atom stereocenters. The fourth-order valence-electron chi connectivity index (χ4n) is 2.56. The molecule has 9 heteroatoms. The summed E-state index contributed by atoms with van der Waals surface area (Å²) in [6.45, 7) is 4.84. The van der Waals surface area contributed by atoms with E-state index >= 15 is 0 Å². The Morgan fingerprint density at radius 1 is 1.26 bits per heavy atom. The third kappa shape index (κ3) is 5.90. The van der Waals surface area contributed by atoms with E-state index in [4.69, 9.17) is 9.47 Å². The maximum atomic E-state index is 13.5. The van der Waals surface area contributed by atoms with E-state index in [1.165, 1.54) is 4.90 Å². The van der Waals surface area contributed by atoms with Crippen LogP contribution in [-0.2, 0) is 19.1 Å². The number of nitrogens with zero attached hydrogens (tertiary/aromatic N) is 1. The Balaban J connectivity index is 1.88. The van der Waals surface area contributed by atoms with Crippen LogP contribution in [0.15, 0.2) is 18.2 Å². The highest BCUT2D eigenvalue weighted by Gasteiger charge is 2.37. The van der Waals surface area contributed by atoms with Gasteiger partial charge in [0.05, 0.1) is 5.69 Å². The Bertz CT molecular complexity index is 733. The van der Waals surface area contributed by atoms with Crippen LogP contribution in [0.3, 0.4) is 0 Å². The van der Waals surface area contributed by atoms with E-state index in [2.05, 4.69) is 5.32 Å². The number of carbonyl (C=O) groups excluding carboxylic acids is 3. The van der Waals surface area contributed by atoms with Crippen LogP contribution in [0.5, 0.6) is 0 Å². The molecule has 0 aromatic heterocycles. The number of amides is 2. The van der Waals surface area contributed by atoms with Crippen molar-refractivity contribution < 1.29 is 32.6 Å². The molecule has 148 valence electrons. The molecular weight excluding hydrogens is 362 g/mol. The van der Waals surface area contributed by atoms with Crippen LogP contribution in [0.1, 0.15) is 33.6 Å². The first-order valence-electron chi connectivity index (χ1n) is 8.48. The zero-order valence-electron chi connectivity index (χ0n) is 15.4. The van der Waals surface area contributed by atoms with E-state index in [1.54, 1.807) is 20.8 Å². The molecule has 2 amide bonds. The third-order valence-corrected chi connectivity index (χ3v) is 3.70. The zero-order chi connectivity index (χ0) is 20.2. The molecule has 1 atom stereocenters. The second-order valence-electron chi connectivity index (χ2n) is 7.11. The largest absolute Gasteiger partial charge is 0.454 e. The van der Waals surface area contributed by atoms with Gasteiger partial charge in [-0.25, -0.2) is 18.4 Å². The first-order chi connectivity index (χ1) is 12.6. The molecule has 0 aliphatic carbocycles. The summed E-state index contributed by atoms with van der Waals surface area (Å²) < 4.78 is 36.6. The molecule has 1 saturated heterocycles. The molecule has 1 heterocycles. The Kier molecular flexibility index (Phi) is 6.35. The summed E-state index contributed by atoms with van der Waals surface area (Å²) >= 11 is 0. The van der Waals surface area contributed by atoms with Crippen molar-refractivity contribution in [2.45, 2.75) is 45.3 Å². The highest BCUT2D eigenvalue weighted by molar-refractivity contribution is 5.93. The number of hydrogen-bond acceptors (Lipinski definition) is 5. The monoisotopic (exact) mass is 384 g/mol. The number of ether oxygens (including phenoxy) is 2. The average Bonchev–Trinajstić information content (AvgIpc) is 3.03. The van der Waals surface area contributed by atoms with Crippen molar-refractivity contribution in [2.24, 2.45) is 0 Å².